The van der Waals surface area contributed by atoms with Gasteiger partial charge in [-0.05, 0) is 48.6 Å². The SMILES string of the molecule is CC1C(NC(=O)NC2CC2)=CC=C(Oc2ccnc3cc(-c4ccc(CN5CCN(C(=O)COC(=O)[C@@H](N)C(C)C)CC5)cn4)sc23)C1F. The fraction of sp³-hybridized carbons (Fsp3) is 0.457. The van der Waals surface area contributed by atoms with Crippen molar-refractivity contribution in [2.75, 3.05) is 32.8 Å². The number of pyridine rings is 2. The molecule has 2 unspecified atom stereocenters. The van der Waals surface area contributed by atoms with E-state index >= 15 is 4.39 Å². The van der Waals surface area contributed by atoms with Gasteiger partial charge in [-0.3, -0.25) is 24.5 Å². The van der Waals surface area contributed by atoms with E-state index in [9.17, 15) is 14.4 Å². The Kier molecular flexibility index (Phi) is 10.6. The fourth-order valence-corrected chi connectivity index (χ4v) is 6.61. The zero-order chi connectivity index (χ0) is 34.7. The van der Waals surface area contributed by atoms with Gasteiger partial charge < -0.3 is 30.7 Å². The van der Waals surface area contributed by atoms with Crippen molar-refractivity contribution >= 4 is 39.5 Å². The molecular formula is C35H42FN7O5S. The van der Waals surface area contributed by atoms with Crippen molar-refractivity contribution in [2.45, 2.75) is 58.4 Å². The molecule has 12 nitrogen and oxygen atoms in total. The monoisotopic (exact) mass is 691 g/mol. The van der Waals surface area contributed by atoms with Gasteiger partial charge in [0, 0.05) is 68.8 Å². The summed E-state index contributed by atoms with van der Waals surface area (Å²) in [6.07, 6.45) is 7.26. The summed E-state index contributed by atoms with van der Waals surface area (Å²) in [5, 5.41) is 5.63. The molecule has 3 atom stereocenters. The third-order valence-electron chi connectivity index (χ3n) is 8.94. The van der Waals surface area contributed by atoms with E-state index in [0.29, 0.717) is 44.2 Å². The standard InChI is InChI=1S/C35H42FN7O5S/c1-20(2)32(37)34(45)47-19-30(44)43-14-12-42(13-15-43)18-22-4-7-25(39-17-22)29-16-26-33(49-29)28(10-11-38-26)48-27-9-8-24(21(3)31(27)36)41-35(46)40-23-5-6-23/h4,7-11,16-17,20-21,23,31-32H,5-6,12-15,18-19,37H2,1-3H3,(H2,40,41,46)/t21?,31?,32-/m0/s1. The van der Waals surface area contributed by atoms with Crippen LogP contribution >= 0.6 is 11.3 Å². The van der Waals surface area contributed by atoms with Crippen molar-refractivity contribution in [2.24, 2.45) is 17.6 Å². The third-order valence-corrected chi connectivity index (χ3v) is 10.1. The number of alkyl halides is 1. The number of piperazine rings is 1. The van der Waals surface area contributed by atoms with Crippen LogP contribution < -0.4 is 21.1 Å². The van der Waals surface area contributed by atoms with Crippen molar-refractivity contribution < 1.29 is 28.2 Å². The van der Waals surface area contributed by atoms with Crippen molar-refractivity contribution in [1.82, 2.24) is 30.4 Å². The third kappa shape index (κ3) is 8.43. The second kappa shape index (κ2) is 15.0. The lowest BCUT2D eigenvalue weighted by Crippen LogP contribution is -2.49. The lowest BCUT2D eigenvalue weighted by molar-refractivity contribution is -0.154. The molecule has 3 amide bonds. The fourth-order valence-electron chi connectivity index (χ4n) is 5.56. The number of hydrogen-bond acceptors (Lipinski definition) is 10. The molecule has 1 aliphatic heterocycles. The Labute approximate surface area is 288 Å². The maximum atomic E-state index is 15.5. The lowest BCUT2D eigenvalue weighted by Gasteiger charge is -2.34. The Hall–Kier alpha value is -4.40. The summed E-state index contributed by atoms with van der Waals surface area (Å²) in [7, 11) is 0. The molecule has 49 heavy (non-hydrogen) atoms. The lowest BCUT2D eigenvalue weighted by atomic mass is 9.95. The van der Waals surface area contributed by atoms with Crippen LogP contribution in [0, 0.1) is 11.8 Å². The van der Waals surface area contributed by atoms with E-state index in [1.54, 1.807) is 36.2 Å². The van der Waals surface area contributed by atoms with E-state index < -0.39 is 24.1 Å². The number of urea groups is 1. The topological polar surface area (TPSA) is 152 Å². The van der Waals surface area contributed by atoms with Crippen LogP contribution in [0.5, 0.6) is 5.75 Å². The average Bonchev–Trinajstić information content (AvgIpc) is 3.80. The molecule has 2 fully saturated rings. The summed E-state index contributed by atoms with van der Waals surface area (Å²) in [6.45, 7) is 8.24. The van der Waals surface area contributed by atoms with Crippen LogP contribution in [0.1, 0.15) is 39.2 Å². The van der Waals surface area contributed by atoms with Gasteiger partial charge in [0.15, 0.2) is 12.8 Å². The van der Waals surface area contributed by atoms with Gasteiger partial charge >= 0.3 is 12.0 Å². The highest BCUT2D eigenvalue weighted by Crippen LogP contribution is 2.39. The van der Waals surface area contributed by atoms with Crippen LogP contribution in [0.3, 0.4) is 0 Å². The molecule has 1 saturated carbocycles. The highest BCUT2D eigenvalue weighted by molar-refractivity contribution is 7.22. The number of carbonyl (C=O) groups excluding carboxylic acids is 3. The molecule has 0 aromatic carbocycles. The highest BCUT2D eigenvalue weighted by atomic mass is 32.1. The average molecular weight is 692 g/mol. The van der Waals surface area contributed by atoms with Gasteiger partial charge in [-0.15, -0.1) is 11.3 Å². The Balaban J connectivity index is 1.03. The Morgan fingerprint density at radius 2 is 1.88 bits per heavy atom. The molecule has 0 bridgehead atoms. The summed E-state index contributed by atoms with van der Waals surface area (Å²) in [5.41, 5.74) is 8.86. The number of nitrogens with zero attached hydrogens (tertiary/aromatic N) is 4. The zero-order valence-corrected chi connectivity index (χ0v) is 28.7. The zero-order valence-electron chi connectivity index (χ0n) is 27.9. The quantitative estimate of drug-likeness (QED) is 0.252. The van der Waals surface area contributed by atoms with Crippen LogP contribution in [0.2, 0.25) is 0 Å². The highest BCUT2D eigenvalue weighted by Gasteiger charge is 2.32. The number of amides is 3. The summed E-state index contributed by atoms with van der Waals surface area (Å²) < 4.78 is 27.5. The van der Waals surface area contributed by atoms with Gasteiger partial charge in [0.1, 0.15) is 17.6 Å². The molecule has 0 radical (unpaired) electrons. The predicted molar refractivity (Wildman–Crippen MR) is 184 cm³/mol. The van der Waals surface area contributed by atoms with Gasteiger partial charge in [-0.2, -0.15) is 0 Å². The molecule has 4 N–H and O–H groups in total. The minimum absolute atomic E-state index is 0.0606. The minimum atomic E-state index is -1.43. The first-order valence-corrected chi connectivity index (χ1v) is 17.4. The minimum Gasteiger partial charge on any atom is -0.457 e. The van der Waals surface area contributed by atoms with E-state index in [4.69, 9.17) is 20.2 Å². The first kappa shape index (κ1) is 34.5. The van der Waals surface area contributed by atoms with Crippen LogP contribution in [0.25, 0.3) is 20.8 Å². The van der Waals surface area contributed by atoms with Gasteiger partial charge in [-0.25, -0.2) is 9.18 Å². The predicted octanol–water partition coefficient (Wildman–Crippen LogP) is 4.13. The molecule has 0 spiro atoms. The summed E-state index contributed by atoms with van der Waals surface area (Å²) in [5.74, 6) is -0.743. The van der Waals surface area contributed by atoms with E-state index in [2.05, 4.69) is 20.5 Å². The summed E-state index contributed by atoms with van der Waals surface area (Å²) in [4.78, 5) is 50.8. The van der Waals surface area contributed by atoms with Crippen LogP contribution in [0.4, 0.5) is 9.18 Å². The number of carbonyl (C=O) groups is 3. The van der Waals surface area contributed by atoms with Gasteiger partial charge in [0.25, 0.3) is 5.91 Å². The Morgan fingerprint density at radius 1 is 1.10 bits per heavy atom. The van der Waals surface area contributed by atoms with Gasteiger partial charge in [-0.1, -0.05) is 26.8 Å². The Morgan fingerprint density at radius 3 is 2.57 bits per heavy atom. The molecule has 4 heterocycles. The van der Waals surface area contributed by atoms with Crippen molar-refractivity contribution in [1.29, 1.82) is 0 Å². The van der Waals surface area contributed by atoms with E-state index in [-0.39, 0.29) is 36.3 Å². The summed E-state index contributed by atoms with van der Waals surface area (Å²) >= 11 is 1.47. The van der Waals surface area contributed by atoms with Crippen molar-refractivity contribution in [3.05, 3.63) is 65.8 Å². The van der Waals surface area contributed by atoms with Crippen LogP contribution in [-0.4, -0.2) is 88.7 Å². The van der Waals surface area contributed by atoms with Gasteiger partial charge in [0.2, 0.25) is 0 Å². The van der Waals surface area contributed by atoms with E-state index in [1.807, 2.05) is 38.2 Å². The molecular weight excluding hydrogens is 649 g/mol. The number of aromatic nitrogens is 2. The number of thiophene rings is 1. The molecule has 6 rings (SSSR count). The largest absolute Gasteiger partial charge is 0.457 e. The van der Waals surface area contributed by atoms with Crippen molar-refractivity contribution in [3.63, 3.8) is 0 Å². The number of esters is 1. The molecule has 14 heteroatoms. The molecule has 3 aliphatic rings. The number of fused-ring (bicyclic) bond motifs is 1. The normalized spacial score (nSPS) is 20.4. The van der Waals surface area contributed by atoms with Crippen LogP contribution in [-0.2, 0) is 20.9 Å². The second-order valence-electron chi connectivity index (χ2n) is 13.1. The number of hydrogen-bond donors (Lipinski definition) is 3. The maximum Gasteiger partial charge on any atom is 0.323 e. The number of rotatable bonds is 11. The first-order valence-electron chi connectivity index (χ1n) is 16.6. The first-order chi connectivity index (χ1) is 23.5. The maximum absolute atomic E-state index is 15.5. The number of allylic oxidation sites excluding steroid dienone is 4. The summed E-state index contributed by atoms with van der Waals surface area (Å²) in [6, 6.07) is 6.84. The number of halogens is 1. The molecule has 2 aliphatic carbocycles. The van der Waals surface area contributed by atoms with E-state index in [1.165, 1.54) is 11.3 Å². The number of ether oxygens (including phenoxy) is 2. The molecule has 1 saturated heterocycles. The van der Waals surface area contributed by atoms with Gasteiger partial charge in [0.05, 0.1) is 20.8 Å². The smallest absolute Gasteiger partial charge is 0.323 e. The van der Waals surface area contributed by atoms with Crippen molar-refractivity contribution in [3.8, 4) is 16.3 Å². The number of nitrogens with two attached hydrogens (primary N) is 1. The second-order valence-corrected chi connectivity index (χ2v) is 14.1. The number of nitrogens with one attached hydrogen (secondary N) is 2. The Bertz CT molecular complexity index is 1750. The molecule has 3 aromatic rings. The van der Waals surface area contributed by atoms with E-state index in [0.717, 1.165) is 39.2 Å². The molecule has 3 aromatic heterocycles. The van der Waals surface area contributed by atoms with Crippen LogP contribution in [0.15, 0.2) is 60.3 Å². The molecule has 260 valence electrons.